The lowest BCUT2D eigenvalue weighted by Crippen LogP contribution is -2.54. The molecule has 35 heavy (non-hydrogen) atoms. The van der Waals surface area contributed by atoms with Crippen LogP contribution in [0.15, 0.2) is 30.3 Å². The number of nitrogen functional groups attached to an aromatic ring is 1. The van der Waals surface area contributed by atoms with Gasteiger partial charge in [-0.05, 0) is 50.5 Å². The molecule has 2 aromatic rings. The number of alkyl halides is 1. The fourth-order valence-corrected chi connectivity index (χ4v) is 4.60. The van der Waals surface area contributed by atoms with Gasteiger partial charge in [-0.25, -0.2) is 4.98 Å². The SMILES string of the molecule is COCCC(=O)N1CCN(c2nc(C3CC3)c(-c3cccc(NC(=O)[C@@H](C)Cl)c3)cc2N)C[C@H]1C. The summed E-state index contributed by atoms with van der Waals surface area (Å²) in [6.07, 6.45) is 2.59. The van der Waals surface area contributed by atoms with E-state index in [-0.39, 0.29) is 17.9 Å². The van der Waals surface area contributed by atoms with Gasteiger partial charge in [0.2, 0.25) is 11.8 Å². The van der Waals surface area contributed by atoms with Gasteiger partial charge in [-0.3, -0.25) is 9.59 Å². The van der Waals surface area contributed by atoms with Crippen molar-refractivity contribution in [1.82, 2.24) is 9.88 Å². The zero-order chi connectivity index (χ0) is 25.1. The first-order valence-corrected chi connectivity index (χ1v) is 12.6. The highest BCUT2D eigenvalue weighted by molar-refractivity contribution is 6.32. The Balaban J connectivity index is 1.58. The molecule has 2 heterocycles. The molecular weight excluding hydrogens is 466 g/mol. The number of amides is 2. The minimum absolute atomic E-state index is 0.0583. The lowest BCUT2D eigenvalue weighted by atomic mass is 9.99. The van der Waals surface area contributed by atoms with Gasteiger partial charge in [-0.15, -0.1) is 11.6 Å². The van der Waals surface area contributed by atoms with Crippen LogP contribution in [-0.2, 0) is 14.3 Å². The second kappa shape index (κ2) is 10.8. The highest BCUT2D eigenvalue weighted by Crippen LogP contribution is 2.45. The van der Waals surface area contributed by atoms with E-state index < -0.39 is 5.38 Å². The molecule has 4 rings (SSSR count). The Morgan fingerprint density at radius 3 is 2.71 bits per heavy atom. The van der Waals surface area contributed by atoms with Crippen molar-refractivity contribution in [3.05, 3.63) is 36.0 Å². The first-order valence-electron chi connectivity index (χ1n) is 12.2. The van der Waals surface area contributed by atoms with Gasteiger partial charge in [-0.1, -0.05) is 12.1 Å². The Labute approximate surface area is 211 Å². The molecule has 1 saturated heterocycles. The van der Waals surface area contributed by atoms with Gasteiger partial charge >= 0.3 is 0 Å². The maximum Gasteiger partial charge on any atom is 0.242 e. The van der Waals surface area contributed by atoms with Crippen LogP contribution in [0.3, 0.4) is 0 Å². The van der Waals surface area contributed by atoms with Crippen molar-refractivity contribution in [3.8, 4) is 11.1 Å². The molecule has 8 nitrogen and oxygen atoms in total. The van der Waals surface area contributed by atoms with Crippen molar-refractivity contribution in [3.63, 3.8) is 0 Å². The maximum atomic E-state index is 12.5. The first-order chi connectivity index (χ1) is 16.8. The minimum Gasteiger partial charge on any atom is -0.396 e. The van der Waals surface area contributed by atoms with E-state index >= 15 is 0 Å². The van der Waals surface area contributed by atoms with E-state index in [0.29, 0.717) is 50.0 Å². The van der Waals surface area contributed by atoms with Gasteiger partial charge in [-0.2, -0.15) is 0 Å². The van der Waals surface area contributed by atoms with Crippen LogP contribution in [0.1, 0.15) is 44.7 Å². The average molecular weight is 500 g/mol. The number of nitrogens with one attached hydrogen (secondary N) is 1. The van der Waals surface area contributed by atoms with Gasteiger partial charge in [0.05, 0.1) is 24.4 Å². The van der Waals surface area contributed by atoms with Crippen molar-refractivity contribution in [2.75, 3.05) is 49.3 Å². The molecule has 1 aliphatic carbocycles. The molecule has 0 bridgehead atoms. The van der Waals surface area contributed by atoms with Gasteiger partial charge < -0.3 is 25.6 Å². The van der Waals surface area contributed by atoms with E-state index in [1.54, 1.807) is 14.0 Å². The van der Waals surface area contributed by atoms with Crippen molar-refractivity contribution >= 4 is 40.6 Å². The number of hydrogen-bond acceptors (Lipinski definition) is 6. The number of benzene rings is 1. The van der Waals surface area contributed by atoms with Gasteiger partial charge in [0.15, 0.2) is 5.82 Å². The van der Waals surface area contributed by atoms with Crippen LogP contribution in [0.25, 0.3) is 11.1 Å². The second-order valence-corrected chi connectivity index (χ2v) is 10.1. The number of nitrogens with two attached hydrogens (primary N) is 1. The van der Waals surface area contributed by atoms with E-state index in [2.05, 4.69) is 17.1 Å². The average Bonchev–Trinajstić information content (AvgIpc) is 3.68. The Morgan fingerprint density at radius 2 is 2.06 bits per heavy atom. The van der Waals surface area contributed by atoms with Crippen LogP contribution in [0.5, 0.6) is 0 Å². The number of anilines is 3. The van der Waals surface area contributed by atoms with E-state index in [9.17, 15) is 9.59 Å². The first kappa shape index (κ1) is 25.3. The van der Waals surface area contributed by atoms with Crippen LogP contribution in [0.4, 0.5) is 17.2 Å². The Kier molecular flexibility index (Phi) is 7.82. The summed E-state index contributed by atoms with van der Waals surface area (Å²) in [5.74, 6) is 1.06. The quantitative estimate of drug-likeness (QED) is 0.535. The van der Waals surface area contributed by atoms with E-state index in [1.807, 2.05) is 35.2 Å². The normalized spacial score (nSPS) is 18.9. The zero-order valence-electron chi connectivity index (χ0n) is 20.6. The van der Waals surface area contributed by atoms with Crippen LogP contribution < -0.4 is 16.0 Å². The van der Waals surface area contributed by atoms with Gasteiger partial charge in [0.1, 0.15) is 5.38 Å². The largest absolute Gasteiger partial charge is 0.396 e. The van der Waals surface area contributed by atoms with Gasteiger partial charge in [0.25, 0.3) is 0 Å². The number of ether oxygens (including phenoxy) is 1. The number of hydrogen-bond donors (Lipinski definition) is 2. The zero-order valence-corrected chi connectivity index (χ0v) is 21.3. The molecule has 2 atom stereocenters. The number of carbonyl (C=O) groups is 2. The molecule has 1 aliphatic heterocycles. The van der Waals surface area contributed by atoms with Crippen LogP contribution in [0.2, 0.25) is 0 Å². The Morgan fingerprint density at radius 1 is 1.29 bits per heavy atom. The Bertz CT molecular complexity index is 1090. The number of piperazine rings is 1. The van der Waals surface area contributed by atoms with Gasteiger partial charge in [0, 0.05) is 50.0 Å². The van der Waals surface area contributed by atoms with Crippen LogP contribution in [0, 0.1) is 0 Å². The second-order valence-electron chi connectivity index (χ2n) is 9.42. The minimum atomic E-state index is -0.615. The number of aromatic nitrogens is 1. The predicted molar refractivity (Wildman–Crippen MR) is 140 cm³/mol. The number of halogens is 1. The standard InChI is InChI=1S/C26H34ClN5O3/c1-16-15-31(10-11-32(16)23(33)9-12-35-3)25-22(28)14-21(24(30-25)18-7-8-18)19-5-4-6-20(13-19)29-26(34)17(2)27/h4-6,13-14,16-18H,7-12,15,28H2,1-3H3,(H,29,34)/t16-,17-/m1/s1. The van der Waals surface area contributed by atoms with Crippen molar-refractivity contribution in [1.29, 1.82) is 0 Å². The highest BCUT2D eigenvalue weighted by atomic mass is 35.5. The lowest BCUT2D eigenvalue weighted by Gasteiger charge is -2.41. The molecule has 188 valence electrons. The molecule has 9 heteroatoms. The predicted octanol–water partition coefficient (Wildman–Crippen LogP) is 3.85. The summed E-state index contributed by atoms with van der Waals surface area (Å²) in [6.45, 7) is 6.13. The lowest BCUT2D eigenvalue weighted by molar-refractivity contribution is -0.134. The molecule has 2 aliphatic rings. The van der Waals surface area contributed by atoms with Crippen LogP contribution >= 0.6 is 11.6 Å². The third kappa shape index (κ3) is 5.87. The third-order valence-electron chi connectivity index (χ3n) is 6.59. The molecule has 2 amide bonds. The highest BCUT2D eigenvalue weighted by Gasteiger charge is 2.32. The molecular formula is C26H34ClN5O3. The summed E-state index contributed by atoms with van der Waals surface area (Å²) in [7, 11) is 1.61. The molecule has 0 radical (unpaired) electrons. The van der Waals surface area contributed by atoms with Crippen molar-refractivity contribution < 1.29 is 14.3 Å². The summed E-state index contributed by atoms with van der Waals surface area (Å²) in [5.41, 5.74) is 10.8. The molecule has 0 unspecified atom stereocenters. The van der Waals surface area contributed by atoms with E-state index in [0.717, 1.165) is 35.5 Å². The number of carbonyl (C=O) groups excluding carboxylic acids is 2. The summed E-state index contributed by atoms with van der Waals surface area (Å²) in [6, 6.07) is 9.76. The summed E-state index contributed by atoms with van der Waals surface area (Å²) >= 11 is 5.91. The summed E-state index contributed by atoms with van der Waals surface area (Å²) < 4.78 is 5.06. The molecule has 1 saturated carbocycles. The molecule has 1 aromatic heterocycles. The van der Waals surface area contributed by atoms with Crippen molar-refractivity contribution in [2.24, 2.45) is 0 Å². The topological polar surface area (TPSA) is 101 Å². The molecule has 1 aromatic carbocycles. The van der Waals surface area contributed by atoms with E-state index in [1.165, 1.54) is 0 Å². The summed E-state index contributed by atoms with van der Waals surface area (Å²) in [5, 5.41) is 2.24. The number of methoxy groups -OCH3 is 1. The number of rotatable bonds is 8. The smallest absolute Gasteiger partial charge is 0.242 e. The fraction of sp³-hybridized carbons (Fsp3) is 0.500. The number of nitrogens with zero attached hydrogens (tertiary/aromatic N) is 3. The molecule has 3 N–H and O–H groups in total. The third-order valence-corrected chi connectivity index (χ3v) is 6.79. The van der Waals surface area contributed by atoms with Crippen LogP contribution in [-0.4, -0.2) is 66.5 Å². The van der Waals surface area contributed by atoms with E-state index in [4.69, 9.17) is 27.1 Å². The van der Waals surface area contributed by atoms with Crippen molar-refractivity contribution in [2.45, 2.75) is 50.4 Å². The number of pyridine rings is 1. The maximum absolute atomic E-state index is 12.5. The fourth-order valence-electron chi connectivity index (χ4n) is 4.55. The monoisotopic (exact) mass is 499 g/mol. The Hall–Kier alpha value is -2.84. The molecule has 2 fully saturated rings. The molecule has 0 spiro atoms. The summed E-state index contributed by atoms with van der Waals surface area (Å²) in [4.78, 5) is 33.8.